The summed E-state index contributed by atoms with van der Waals surface area (Å²) in [7, 11) is -1.69. The molecule has 1 aromatic carbocycles. The van der Waals surface area contributed by atoms with E-state index in [1.54, 1.807) is 0 Å². The van der Waals surface area contributed by atoms with Crippen molar-refractivity contribution in [3.63, 3.8) is 0 Å². The minimum absolute atomic E-state index is 0.571. The van der Waals surface area contributed by atoms with Crippen molar-refractivity contribution in [3.8, 4) is 18.1 Å². The summed E-state index contributed by atoms with van der Waals surface area (Å²) in [5.74, 6) is 6.41. The highest BCUT2D eigenvalue weighted by Gasteiger charge is 2.55. The molecule has 1 aromatic rings. The maximum atomic E-state index is 6.41. The van der Waals surface area contributed by atoms with E-state index in [0.29, 0.717) is 5.41 Å². The van der Waals surface area contributed by atoms with E-state index in [9.17, 15) is 0 Å². The van der Waals surface area contributed by atoms with Gasteiger partial charge in [0.05, 0.1) is 0 Å². The molecule has 2 bridgehead atoms. The molecule has 2 heteroatoms. The van der Waals surface area contributed by atoms with Gasteiger partial charge in [-0.2, -0.15) is 0 Å². The zero-order valence-corrected chi connectivity index (χ0v) is 15.4. The third kappa shape index (κ3) is 2.84. The molecule has 0 spiro atoms. The number of benzene rings is 1. The zero-order chi connectivity index (χ0) is 16.0. The van der Waals surface area contributed by atoms with Gasteiger partial charge in [0.15, 0.2) is 0 Å². The average molecular weight is 313 g/mol. The van der Waals surface area contributed by atoms with Crippen molar-refractivity contribution in [2.45, 2.75) is 52.2 Å². The van der Waals surface area contributed by atoms with Crippen LogP contribution in [0.2, 0.25) is 19.1 Å². The summed E-state index contributed by atoms with van der Waals surface area (Å²) in [6, 6.07) is 9.27. The standard InChI is InChI=1S/C20H28OSi/c1-6-15-7-11-18(12-8-15)21-22(4,5)14-16-9-10-17-13-19(16)20(17,2)3/h1,7-8,11-12,16-17,19H,9-10,13-14H2,2-5H3/t16?,17-,19-/m0/s1. The molecular weight excluding hydrogens is 284 g/mol. The van der Waals surface area contributed by atoms with E-state index in [1.807, 2.05) is 24.3 Å². The van der Waals surface area contributed by atoms with Crippen molar-refractivity contribution >= 4 is 8.32 Å². The van der Waals surface area contributed by atoms with E-state index < -0.39 is 8.32 Å². The van der Waals surface area contributed by atoms with Gasteiger partial charge in [-0.3, -0.25) is 0 Å². The smallest absolute Gasteiger partial charge is 0.245 e. The molecule has 0 N–H and O–H groups in total. The molecule has 3 atom stereocenters. The SMILES string of the molecule is C#Cc1ccc(O[Si](C)(C)CC2CC[C@H]3C[C@@H]2C3(C)C)cc1. The molecule has 22 heavy (non-hydrogen) atoms. The fourth-order valence-electron chi connectivity index (χ4n) is 4.82. The molecular formula is C20H28OSi. The Morgan fingerprint density at radius 2 is 1.91 bits per heavy atom. The van der Waals surface area contributed by atoms with Crippen LogP contribution in [0.1, 0.15) is 38.7 Å². The molecule has 0 aliphatic heterocycles. The Bertz CT molecular complexity index is 577. The lowest BCUT2D eigenvalue weighted by atomic mass is 9.46. The van der Waals surface area contributed by atoms with Crippen LogP contribution >= 0.6 is 0 Å². The first kappa shape index (κ1) is 15.7. The molecule has 3 aliphatic rings. The molecule has 0 amide bonds. The Hall–Kier alpha value is -1.20. The fraction of sp³-hybridized carbons (Fsp3) is 0.600. The van der Waals surface area contributed by atoms with Gasteiger partial charge in [-0.15, -0.1) is 6.42 Å². The summed E-state index contributed by atoms with van der Waals surface area (Å²) in [5.41, 5.74) is 1.49. The number of fused-ring (bicyclic) bond motifs is 2. The third-order valence-corrected chi connectivity index (χ3v) is 8.47. The van der Waals surface area contributed by atoms with Crippen molar-refractivity contribution in [1.82, 2.24) is 0 Å². The average Bonchev–Trinajstić information content (AvgIpc) is 2.47. The van der Waals surface area contributed by atoms with Gasteiger partial charge in [-0.25, -0.2) is 0 Å². The van der Waals surface area contributed by atoms with Crippen LogP contribution < -0.4 is 4.43 Å². The molecule has 1 nitrogen and oxygen atoms in total. The predicted molar refractivity (Wildman–Crippen MR) is 95.4 cm³/mol. The molecule has 0 heterocycles. The van der Waals surface area contributed by atoms with Crippen molar-refractivity contribution in [3.05, 3.63) is 29.8 Å². The summed E-state index contributed by atoms with van der Waals surface area (Å²) in [6.45, 7) is 9.68. The van der Waals surface area contributed by atoms with Gasteiger partial charge < -0.3 is 4.43 Å². The number of terminal acetylenes is 1. The van der Waals surface area contributed by atoms with E-state index in [4.69, 9.17) is 10.8 Å². The molecule has 0 radical (unpaired) electrons. The predicted octanol–water partition coefficient (Wildman–Crippen LogP) is 5.32. The highest BCUT2D eigenvalue weighted by atomic mass is 28.4. The Morgan fingerprint density at radius 1 is 1.23 bits per heavy atom. The van der Waals surface area contributed by atoms with Crippen LogP contribution in [0.3, 0.4) is 0 Å². The van der Waals surface area contributed by atoms with Crippen LogP contribution in [0.5, 0.6) is 5.75 Å². The highest BCUT2D eigenvalue weighted by molar-refractivity contribution is 6.71. The van der Waals surface area contributed by atoms with Crippen molar-refractivity contribution in [2.24, 2.45) is 23.2 Å². The minimum Gasteiger partial charge on any atom is -0.544 e. The lowest BCUT2D eigenvalue weighted by Gasteiger charge is -2.60. The summed E-state index contributed by atoms with van der Waals surface area (Å²) in [4.78, 5) is 0. The second-order valence-corrected chi connectivity index (χ2v) is 12.6. The van der Waals surface area contributed by atoms with E-state index in [0.717, 1.165) is 29.1 Å². The Balaban J connectivity index is 1.64. The van der Waals surface area contributed by atoms with Gasteiger partial charge >= 0.3 is 0 Å². The molecule has 0 aromatic heterocycles. The third-order valence-electron chi connectivity index (χ3n) is 6.17. The van der Waals surface area contributed by atoms with Gasteiger partial charge in [-0.1, -0.05) is 26.2 Å². The maximum Gasteiger partial charge on any atom is 0.245 e. The molecule has 118 valence electrons. The summed E-state index contributed by atoms with van der Waals surface area (Å²) < 4.78 is 6.41. The quantitative estimate of drug-likeness (QED) is 0.540. The van der Waals surface area contributed by atoms with E-state index in [-0.39, 0.29) is 0 Å². The second kappa shape index (κ2) is 5.46. The van der Waals surface area contributed by atoms with E-state index >= 15 is 0 Å². The first-order chi connectivity index (χ1) is 10.3. The van der Waals surface area contributed by atoms with Crippen molar-refractivity contribution < 1.29 is 4.43 Å². The molecule has 0 saturated heterocycles. The van der Waals surface area contributed by atoms with Gasteiger partial charge in [-0.05, 0) is 79.4 Å². The molecule has 1 unspecified atom stereocenters. The van der Waals surface area contributed by atoms with Gasteiger partial charge in [0.25, 0.3) is 0 Å². The van der Waals surface area contributed by atoms with E-state index in [2.05, 4.69) is 32.9 Å². The van der Waals surface area contributed by atoms with Crippen LogP contribution in [-0.4, -0.2) is 8.32 Å². The van der Waals surface area contributed by atoms with Gasteiger partial charge in [0, 0.05) is 5.56 Å². The largest absolute Gasteiger partial charge is 0.544 e. The summed E-state index contributed by atoms with van der Waals surface area (Å²) in [6.07, 6.45) is 9.71. The van der Waals surface area contributed by atoms with E-state index in [1.165, 1.54) is 25.3 Å². The topological polar surface area (TPSA) is 9.23 Å². The van der Waals surface area contributed by atoms with Crippen LogP contribution in [0.15, 0.2) is 24.3 Å². The normalized spacial score (nSPS) is 29.3. The minimum atomic E-state index is -1.69. The van der Waals surface area contributed by atoms with Crippen LogP contribution in [-0.2, 0) is 0 Å². The van der Waals surface area contributed by atoms with Gasteiger partial charge in [0.2, 0.25) is 8.32 Å². The number of rotatable bonds is 4. The summed E-state index contributed by atoms with van der Waals surface area (Å²) in [5, 5.41) is 0. The number of hydrogen-bond acceptors (Lipinski definition) is 1. The van der Waals surface area contributed by atoms with Crippen LogP contribution in [0, 0.1) is 35.5 Å². The molecule has 3 fully saturated rings. The van der Waals surface area contributed by atoms with Gasteiger partial charge in [0.1, 0.15) is 5.75 Å². The Kier molecular flexibility index (Phi) is 3.89. The maximum absolute atomic E-state index is 6.41. The zero-order valence-electron chi connectivity index (χ0n) is 14.4. The first-order valence-corrected chi connectivity index (χ1v) is 11.7. The lowest BCUT2D eigenvalue weighted by Crippen LogP contribution is -2.54. The molecule has 3 aliphatic carbocycles. The Labute approximate surface area is 136 Å². The van der Waals surface area contributed by atoms with Crippen LogP contribution in [0.25, 0.3) is 0 Å². The van der Waals surface area contributed by atoms with Crippen molar-refractivity contribution in [2.75, 3.05) is 0 Å². The molecule has 3 saturated carbocycles. The van der Waals surface area contributed by atoms with Crippen molar-refractivity contribution in [1.29, 1.82) is 0 Å². The lowest BCUT2D eigenvalue weighted by molar-refractivity contribution is -0.0995. The first-order valence-electron chi connectivity index (χ1n) is 8.57. The number of hydrogen-bond donors (Lipinski definition) is 0. The Morgan fingerprint density at radius 3 is 2.45 bits per heavy atom. The molecule has 4 rings (SSSR count). The monoisotopic (exact) mass is 312 g/mol. The second-order valence-electron chi connectivity index (χ2n) is 8.43. The highest BCUT2D eigenvalue weighted by Crippen LogP contribution is 2.62. The fourth-order valence-corrected chi connectivity index (χ4v) is 7.43. The van der Waals surface area contributed by atoms with Crippen LogP contribution in [0.4, 0.5) is 0 Å². The summed E-state index contributed by atoms with van der Waals surface area (Å²) >= 11 is 0.